The Hall–Kier alpha value is -3.04. The number of benzene rings is 2. The third-order valence-corrected chi connectivity index (χ3v) is 10.7. The molecule has 2 aromatic rings. The number of thioether (sulfide) groups is 1. The summed E-state index contributed by atoms with van der Waals surface area (Å²) < 4.78 is -0.719. The Morgan fingerprint density at radius 2 is 1.77 bits per heavy atom. The van der Waals surface area contributed by atoms with E-state index in [-0.39, 0.29) is 29.6 Å². The highest BCUT2D eigenvalue weighted by Gasteiger charge is 2.74. The molecule has 214 valence electrons. The normalized spacial score (nSPS) is 27.4. The van der Waals surface area contributed by atoms with Crippen LogP contribution in [0.3, 0.4) is 0 Å². The lowest BCUT2D eigenvalue weighted by molar-refractivity contribution is -0.142. The standard InChI is InChI=1S/C31H40N4O4S/c1-4-18-32-28(37)25-24-16-17-31(40-24)26(25)30(39)35(23(19-36)20-10-8-7-9-11-20)27(31)29(38)33-21-12-14-22(15-13-21)34(5-2)6-3/h7-15,23-27,36H,4-6,16-19H2,1-3H3,(H,32,37)(H,33,38)/t23-,24-,25+,26+,27?,31?/m1/s1. The van der Waals surface area contributed by atoms with Crippen LogP contribution in [0.25, 0.3) is 0 Å². The van der Waals surface area contributed by atoms with Crippen molar-refractivity contribution in [2.24, 2.45) is 11.8 Å². The first-order valence-corrected chi connectivity index (χ1v) is 15.4. The maximum absolute atomic E-state index is 14.3. The van der Waals surface area contributed by atoms with E-state index in [1.807, 2.05) is 61.5 Å². The number of rotatable bonds is 11. The lowest BCUT2D eigenvalue weighted by atomic mass is 9.70. The minimum absolute atomic E-state index is 0.000845. The molecule has 2 bridgehead atoms. The van der Waals surface area contributed by atoms with Crippen molar-refractivity contribution < 1.29 is 19.5 Å². The summed E-state index contributed by atoms with van der Waals surface area (Å²) in [5, 5.41) is 16.7. The Morgan fingerprint density at radius 1 is 1.07 bits per heavy atom. The number of hydrogen-bond acceptors (Lipinski definition) is 6. The van der Waals surface area contributed by atoms with Crippen LogP contribution in [0.2, 0.25) is 0 Å². The molecule has 2 aromatic carbocycles. The van der Waals surface area contributed by atoms with E-state index in [4.69, 9.17) is 0 Å². The number of hydrogen-bond donors (Lipinski definition) is 3. The van der Waals surface area contributed by atoms with Gasteiger partial charge >= 0.3 is 0 Å². The Labute approximate surface area is 240 Å². The van der Waals surface area contributed by atoms with Crippen LogP contribution in [0.15, 0.2) is 54.6 Å². The predicted octanol–water partition coefficient (Wildman–Crippen LogP) is 3.82. The molecule has 3 heterocycles. The largest absolute Gasteiger partial charge is 0.394 e. The zero-order chi connectivity index (χ0) is 28.4. The number of nitrogens with zero attached hydrogens (tertiary/aromatic N) is 2. The van der Waals surface area contributed by atoms with Crippen molar-refractivity contribution in [3.63, 3.8) is 0 Å². The maximum Gasteiger partial charge on any atom is 0.248 e. The summed E-state index contributed by atoms with van der Waals surface area (Å²) in [7, 11) is 0. The Bertz CT molecular complexity index is 1220. The monoisotopic (exact) mass is 564 g/mol. The molecule has 3 amide bonds. The third kappa shape index (κ3) is 4.77. The number of aliphatic hydroxyl groups excluding tert-OH is 1. The van der Waals surface area contributed by atoms with E-state index in [1.54, 1.807) is 16.7 Å². The van der Waals surface area contributed by atoms with Gasteiger partial charge in [-0.05, 0) is 62.9 Å². The van der Waals surface area contributed by atoms with Crippen molar-refractivity contribution in [2.45, 2.75) is 62.1 Å². The van der Waals surface area contributed by atoms with Crippen LogP contribution in [0, 0.1) is 11.8 Å². The summed E-state index contributed by atoms with van der Waals surface area (Å²) in [5.74, 6) is -1.68. The van der Waals surface area contributed by atoms with Gasteiger partial charge in [0, 0.05) is 36.3 Å². The Kier molecular flexibility index (Phi) is 8.42. The van der Waals surface area contributed by atoms with Crippen LogP contribution in [0.5, 0.6) is 0 Å². The molecule has 0 saturated carbocycles. The van der Waals surface area contributed by atoms with E-state index in [9.17, 15) is 19.5 Å². The summed E-state index contributed by atoms with van der Waals surface area (Å²) in [5.41, 5.74) is 2.50. The average Bonchev–Trinajstić information content (AvgIpc) is 3.62. The second kappa shape index (κ2) is 11.8. The first kappa shape index (κ1) is 28.5. The van der Waals surface area contributed by atoms with Gasteiger partial charge in [-0.3, -0.25) is 14.4 Å². The van der Waals surface area contributed by atoms with Crippen molar-refractivity contribution in [3.05, 3.63) is 60.2 Å². The number of nitrogens with one attached hydrogen (secondary N) is 2. The molecule has 40 heavy (non-hydrogen) atoms. The summed E-state index contributed by atoms with van der Waals surface area (Å²) in [6, 6.07) is 15.6. The van der Waals surface area contributed by atoms with Gasteiger partial charge in [-0.25, -0.2) is 0 Å². The highest BCUT2D eigenvalue weighted by Crippen LogP contribution is 2.67. The SMILES string of the molecule is CCCNC(=O)[C@@H]1[C@H]2C(=O)N([C@H](CO)c3ccccc3)C(C(=O)Nc3ccc(N(CC)CC)cc3)C23CC[C@H]1S3. The van der Waals surface area contributed by atoms with Crippen molar-refractivity contribution >= 4 is 40.9 Å². The number of carbonyl (C=O) groups excluding carboxylic acids is 3. The van der Waals surface area contributed by atoms with E-state index < -0.39 is 28.7 Å². The van der Waals surface area contributed by atoms with Crippen LogP contribution in [0.1, 0.15) is 51.6 Å². The molecule has 5 rings (SSSR count). The van der Waals surface area contributed by atoms with E-state index >= 15 is 0 Å². The quantitative estimate of drug-likeness (QED) is 0.384. The van der Waals surface area contributed by atoms with Gasteiger partial charge in [-0.2, -0.15) is 0 Å². The minimum atomic E-state index is -0.816. The van der Waals surface area contributed by atoms with Gasteiger partial charge in [-0.1, -0.05) is 37.3 Å². The van der Waals surface area contributed by atoms with E-state index in [2.05, 4.69) is 29.4 Å². The predicted molar refractivity (Wildman–Crippen MR) is 159 cm³/mol. The third-order valence-electron chi connectivity index (χ3n) is 8.79. The van der Waals surface area contributed by atoms with E-state index in [0.29, 0.717) is 18.7 Å². The van der Waals surface area contributed by atoms with Crippen LogP contribution < -0.4 is 15.5 Å². The summed E-state index contributed by atoms with van der Waals surface area (Å²) in [6.45, 7) is 8.23. The van der Waals surface area contributed by atoms with Crippen molar-refractivity contribution in [3.8, 4) is 0 Å². The second-order valence-corrected chi connectivity index (χ2v) is 12.5. The lowest BCUT2D eigenvalue weighted by Gasteiger charge is -2.37. The first-order chi connectivity index (χ1) is 19.4. The van der Waals surface area contributed by atoms with Crippen molar-refractivity contribution in [2.75, 3.05) is 36.5 Å². The highest BCUT2D eigenvalue weighted by molar-refractivity contribution is 8.02. The molecule has 9 heteroatoms. The van der Waals surface area contributed by atoms with Gasteiger partial charge < -0.3 is 25.5 Å². The van der Waals surface area contributed by atoms with Crippen LogP contribution in [-0.4, -0.2) is 70.0 Å². The smallest absolute Gasteiger partial charge is 0.248 e. The molecular formula is C31H40N4O4S. The number of likely N-dealkylation sites (tertiary alicyclic amines) is 1. The maximum atomic E-state index is 14.3. The van der Waals surface area contributed by atoms with Gasteiger partial charge in [0.15, 0.2) is 0 Å². The van der Waals surface area contributed by atoms with Crippen LogP contribution >= 0.6 is 11.8 Å². The molecule has 2 unspecified atom stereocenters. The summed E-state index contributed by atoms with van der Waals surface area (Å²) in [4.78, 5) is 45.7. The summed E-state index contributed by atoms with van der Waals surface area (Å²) in [6.07, 6.45) is 2.27. The van der Waals surface area contributed by atoms with Crippen LogP contribution in [-0.2, 0) is 14.4 Å². The number of carbonyl (C=O) groups is 3. The number of amides is 3. The first-order valence-electron chi connectivity index (χ1n) is 14.5. The van der Waals surface area contributed by atoms with E-state index in [0.717, 1.165) is 37.2 Å². The molecule has 3 aliphatic rings. The van der Waals surface area contributed by atoms with E-state index in [1.165, 1.54) is 0 Å². The molecule has 6 atom stereocenters. The van der Waals surface area contributed by atoms with Gasteiger partial charge in [0.25, 0.3) is 0 Å². The summed E-state index contributed by atoms with van der Waals surface area (Å²) >= 11 is 1.64. The van der Waals surface area contributed by atoms with Gasteiger partial charge in [-0.15, -0.1) is 11.8 Å². The number of anilines is 2. The zero-order valence-corrected chi connectivity index (χ0v) is 24.3. The topological polar surface area (TPSA) is 102 Å². The fourth-order valence-corrected chi connectivity index (χ4v) is 9.18. The molecule has 0 aliphatic carbocycles. The fourth-order valence-electron chi connectivity index (χ4n) is 6.98. The molecule has 1 spiro atoms. The zero-order valence-electron chi connectivity index (χ0n) is 23.5. The van der Waals surface area contributed by atoms with Gasteiger partial charge in [0.2, 0.25) is 17.7 Å². The molecule has 3 aliphatic heterocycles. The molecule has 3 fully saturated rings. The van der Waals surface area contributed by atoms with Gasteiger partial charge in [0.1, 0.15) is 6.04 Å². The van der Waals surface area contributed by atoms with Crippen molar-refractivity contribution in [1.82, 2.24) is 10.2 Å². The number of aliphatic hydroxyl groups is 1. The molecular weight excluding hydrogens is 524 g/mol. The highest BCUT2D eigenvalue weighted by atomic mass is 32.2. The number of fused-ring (bicyclic) bond motifs is 1. The van der Waals surface area contributed by atoms with Gasteiger partial charge in [0.05, 0.1) is 29.2 Å². The Morgan fingerprint density at radius 3 is 2.40 bits per heavy atom. The van der Waals surface area contributed by atoms with Crippen molar-refractivity contribution in [1.29, 1.82) is 0 Å². The fraction of sp³-hybridized carbons (Fsp3) is 0.516. The molecule has 8 nitrogen and oxygen atoms in total. The lowest BCUT2D eigenvalue weighted by Crippen LogP contribution is -2.52. The second-order valence-electron chi connectivity index (χ2n) is 10.9. The average molecular weight is 565 g/mol. The minimum Gasteiger partial charge on any atom is -0.394 e. The molecule has 0 radical (unpaired) electrons. The molecule has 3 saturated heterocycles. The Balaban J connectivity index is 1.51. The molecule has 3 N–H and O–H groups in total. The van der Waals surface area contributed by atoms with Crippen LogP contribution in [0.4, 0.5) is 11.4 Å². The molecule has 0 aromatic heterocycles.